The zero-order valence-electron chi connectivity index (χ0n) is 10.0. The van der Waals surface area contributed by atoms with Crippen LogP contribution in [0.25, 0.3) is 0 Å². The van der Waals surface area contributed by atoms with Crippen molar-refractivity contribution < 1.29 is 5.11 Å². The molecule has 1 aromatic carbocycles. The summed E-state index contributed by atoms with van der Waals surface area (Å²) in [5.74, 6) is 0. The van der Waals surface area contributed by atoms with Crippen molar-refractivity contribution in [3.8, 4) is 0 Å². The first-order chi connectivity index (χ1) is 8.22. The number of hydrogen-bond acceptors (Lipinski definition) is 4. The van der Waals surface area contributed by atoms with Crippen LogP contribution in [0.2, 0.25) is 0 Å². The number of aliphatic hydroxyl groups excluding tert-OH is 1. The number of aliphatic hydroxyl groups is 1. The molecule has 4 nitrogen and oxygen atoms in total. The smallest absolute Gasteiger partial charge is 0.0574 e. The molecule has 1 atom stereocenters. The summed E-state index contributed by atoms with van der Waals surface area (Å²) in [7, 11) is 0. The maximum atomic E-state index is 9.53. The highest BCUT2D eigenvalue weighted by atomic mass is 16.3. The van der Waals surface area contributed by atoms with Crippen LogP contribution in [0.15, 0.2) is 24.3 Å². The third kappa shape index (κ3) is 2.77. The Morgan fingerprint density at radius 1 is 1.29 bits per heavy atom. The van der Waals surface area contributed by atoms with Crippen LogP contribution in [-0.4, -0.2) is 30.8 Å². The number of para-hydroxylation sites is 1. The molecule has 0 spiro atoms. The van der Waals surface area contributed by atoms with E-state index < -0.39 is 0 Å². The summed E-state index contributed by atoms with van der Waals surface area (Å²) < 4.78 is 0. The van der Waals surface area contributed by atoms with E-state index in [0.29, 0.717) is 6.54 Å². The molecule has 1 aliphatic rings. The third-order valence-corrected chi connectivity index (χ3v) is 3.40. The largest absolute Gasteiger partial charge is 0.393 e. The first-order valence-electron chi connectivity index (χ1n) is 6.20. The fourth-order valence-electron chi connectivity index (χ4n) is 2.32. The lowest BCUT2D eigenvalue weighted by Gasteiger charge is -2.33. The van der Waals surface area contributed by atoms with Crippen LogP contribution in [-0.2, 0) is 0 Å². The molecule has 0 unspecified atom stereocenters. The van der Waals surface area contributed by atoms with Crippen LogP contribution < -0.4 is 16.4 Å². The standard InChI is InChI=1S/C13H21N3O/c14-9-12(15)11-3-1-2-4-13(11)16-7-5-10(17)6-8-16/h1-4,10,12,17H,5-9,14-15H2/t12-/m0/s1. The molecule has 2 rings (SSSR count). The van der Waals surface area contributed by atoms with Crippen LogP contribution in [0.4, 0.5) is 5.69 Å². The number of piperidine rings is 1. The van der Waals surface area contributed by atoms with Gasteiger partial charge in [0.05, 0.1) is 6.10 Å². The molecule has 1 saturated heterocycles. The Hall–Kier alpha value is -1.10. The minimum atomic E-state index is -0.151. The summed E-state index contributed by atoms with van der Waals surface area (Å²) in [6.45, 7) is 2.22. The van der Waals surface area contributed by atoms with Gasteiger partial charge in [-0.2, -0.15) is 0 Å². The molecule has 4 heteroatoms. The quantitative estimate of drug-likeness (QED) is 0.717. The molecule has 1 aliphatic heterocycles. The molecule has 94 valence electrons. The van der Waals surface area contributed by atoms with Crippen LogP contribution in [0.1, 0.15) is 24.4 Å². The summed E-state index contributed by atoms with van der Waals surface area (Å²) in [6, 6.07) is 8.03. The van der Waals surface area contributed by atoms with Crippen molar-refractivity contribution in [1.82, 2.24) is 0 Å². The summed E-state index contributed by atoms with van der Waals surface area (Å²) in [4.78, 5) is 2.29. The molecule has 1 aromatic rings. The summed E-state index contributed by atoms with van der Waals surface area (Å²) in [5, 5.41) is 9.53. The molecule has 0 bridgehead atoms. The molecule has 0 radical (unpaired) electrons. The maximum absolute atomic E-state index is 9.53. The Labute approximate surface area is 102 Å². The van der Waals surface area contributed by atoms with E-state index in [1.54, 1.807) is 0 Å². The van der Waals surface area contributed by atoms with Crippen LogP contribution >= 0.6 is 0 Å². The SMILES string of the molecule is NC[C@H](N)c1ccccc1N1CCC(O)CC1. The number of nitrogens with two attached hydrogens (primary N) is 2. The number of nitrogens with zero attached hydrogens (tertiary/aromatic N) is 1. The zero-order valence-corrected chi connectivity index (χ0v) is 10.0. The zero-order chi connectivity index (χ0) is 12.3. The Morgan fingerprint density at radius 3 is 2.59 bits per heavy atom. The number of benzene rings is 1. The molecule has 17 heavy (non-hydrogen) atoms. The van der Waals surface area contributed by atoms with E-state index >= 15 is 0 Å². The maximum Gasteiger partial charge on any atom is 0.0574 e. The summed E-state index contributed by atoms with van der Waals surface area (Å²) >= 11 is 0. The normalized spacial score (nSPS) is 19.4. The molecule has 1 heterocycles. The van der Waals surface area contributed by atoms with Crippen molar-refractivity contribution in [1.29, 1.82) is 0 Å². The van der Waals surface area contributed by atoms with Gasteiger partial charge in [-0.25, -0.2) is 0 Å². The fraction of sp³-hybridized carbons (Fsp3) is 0.538. The highest BCUT2D eigenvalue weighted by molar-refractivity contribution is 5.55. The average molecular weight is 235 g/mol. The van der Waals surface area contributed by atoms with Crippen LogP contribution in [0.5, 0.6) is 0 Å². The summed E-state index contributed by atoms with van der Waals surface area (Å²) in [5.41, 5.74) is 13.9. The van der Waals surface area contributed by atoms with Gasteiger partial charge in [0.15, 0.2) is 0 Å². The van der Waals surface area contributed by atoms with E-state index in [-0.39, 0.29) is 12.1 Å². The molecule has 0 amide bonds. The van der Waals surface area contributed by atoms with Gasteiger partial charge in [-0.05, 0) is 24.5 Å². The van der Waals surface area contributed by atoms with Gasteiger partial charge in [0.2, 0.25) is 0 Å². The minimum Gasteiger partial charge on any atom is -0.393 e. The lowest BCUT2D eigenvalue weighted by atomic mass is 10.0. The first-order valence-corrected chi connectivity index (χ1v) is 6.20. The van der Waals surface area contributed by atoms with Crippen LogP contribution in [0, 0.1) is 0 Å². The number of rotatable bonds is 3. The van der Waals surface area contributed by atoms with Gasteiger partial charge in [-0.3, -0.25) is 0 Å². The van der Waals surface area contributed by atoms with E-state index in [0.717, 1.165) is 37.2 Å². The average Bonchev–Trinajstić information content (AvgIpc) is 2.39. The van der Waals surface area contributed by atoms with Gasteiger partial charge in [0.1, 0.15) is 0 Å². The lowest BCUT2D eigenvalue weighted by molar-refractivity contribution is 0.145. The van der Waals surface area contributed by atoms with Crippen molar-refractivity contribution >= 4 is 5.69 Å². The van der Waals surface area contributed by atoms with Gasteiger partial charge in [0.25, 0.3) is 0 Å². The Morgan fingerprint density at radius 2 is 1.94 bits per heavy atom. The molecule has 5 N–H and O–H groups in total. The van der Waals surface area contributed by atoms with E-state index in [2.05, 4.69) is 11.0 Å². The monoisotopic (exact) mass is 235 g/mol. The Balaban J connectivity index is 2.19. The molecule has 0 aromatic heterocycles. The summed E-state index contributed by atoms with van der Waals surface area (Å²) in [6.07, 6.45) is 1.50. The third-order valence-electron chi connectivity index (χ3n) is 3.40. The highest BCUT2D eigenvalue weighted by Crippen LogP contribution is 2.27. The second-order valence-electron chi connectivity index (χ2n) is 4.62. The number of anilines is 1. The highest BCUT2D eigenvalue weighted by Gasteiger charge is 2.20. The number of hydrogen-bond donors (Lipinski definition) is 3. The fourth-order valence-corrected chi connectivity index (χ4v) is 2.32. The van der Waals surface area contributed by atoms with Crippen molar-refractivity contribution in [2.75, 3.05) is 24.5 Å². The van der Waals surface area contributed by atoms with Crippen molar-refractivity contribution in [3.63, 3.8) is 0 Å². The van der Waals surface area contributed by atoms with Crippen molar-refractivity contribution in [3.05, 3.63) is 29.8 Å². The minimum absolute atomic E-state index is 0.113. The predicted molar refractivity (Wildman–Crippen MR) is 69.9 cm³/mol. The van der Waals surface area contributed by atoms with Gasteiger partial charge in [-0.1, -0.05) is 18.2 Å². The Bertz CT molecular complexity index is 361. The lowest BCUT2D eigenvalue weighted by Crippen LogP contribution is -2.37. The molecule has 0 aliphatic carbocycles. The molecule has 1 fully saturated rings. The molecular formula is C13H21N3O. The predicted octanol–water partition coefficient (Wildman–Crippen LogP) is 0.606. The van der Waals surface area contributed by atoms with E-state index in [1.165, 1.54) is 0 Å². The first kappa shape index (κ1) is 12.4. The van der Waals surface area contributed by atoms with Gasteiger partial charge in [-0.15, -0.1) is 0 Å². The van der Waals surface area contributed by atoms with E-state index in [9.17, 15) is 5.11 Å². The van der Waals surface area contributed by atoms with Gasteiger partial charge in [0, 0.05) is 31.4 Å². The van der Waals surface area contributed by atoms with Gasteiger partial charge < -0.3 is 21.5 Å². The van der Waals surface area contributed by atoms with Crippen molar-refractivity contribution in [2.24, 2.45) is 11.5 Å². The molecule has 0 saturated carbocycles. The Kier molecular flexibility index (Phi) is 3.99. The topological polar surface area (TPSA) is 75.5 Å². The van der Waals surface area contributed by atoms with Gasteiger partial charge >= 0.3 is 0 Å². The second kappa shape index (κ2) is 5.49. The van der Waals surface area contributed by atoms with Crippen molar-refractivity contribution in [2.45, 2.75) is 25.0 Å². The van der Waals surface area contributed by atoms with Crippen LogP contribution in [0.3, 0.4) is 0 Å². The van der Waals surface area contributed by atoms with E-state index in [1.807, 2.05) is 18.2 Å². The van der Waals surface area contributed by atoms with E-state index in [4.69, 9.17) is 11.5 Å². The second-order valence-corrected chi connectivity index (χ2v) is 4.62. The molecular weight excluding hydrogens is 214 g/mol.